The Morgan fingerprint density at radius 1 is 1.23 bits per heavy atom. The van der Waals surface area contributed by atoms with Gasteiger partial charge in [-0.25, -0.2) is 9.97 Å². The highest BCUT2D eigenvalue weighted by Crippen LogP contribution is 2.46. The maximum Gasteiger partial charge on any atom is 0.434 e. The molecule has 0 aromatic carbocycles. The molecule has 2 aromatic rings. The molecule has 1 saturated carbocycles. The van der Waals surface area contributed by atoms with Crippen molar-refractivity contribution in [1.29, 1.82) is 0 Å². The van der Waals surface area contributed by atoms with Gasteiger partial charge in [0, 0.05) is 30.2 Å². The molecule has 2 atom stereocenters. The Bertz CT molecular complexity index is 919. The van der Waals surface area contributed by atoms with E-state index < -0.39 is 11.9 Å². The number of aliphatic hydroxyl groups is 1. The molecule has 0 radical (unpaired) electrons. The summed E-state index contributed by atoms with van der Waals surface area (Å²) in [6, 6.07) is 2.76. The first-order valence-corrected chi connectivity index (χ1v) is 10.5. The molecule has 0 unspecified atom stereocenters. The summed E-state index contributed by atoms with van der Waals surface area (Å²) in [6.45, 7) is 1.42. The fourth-order valence-electron chi connectivity index (χ4n) is 4.41. The monoisotopic (exact) mass is 440 g/mol. The van der Waals surface area contributed by atoms with Crippen molar-refractivity contribution >= 4 is 23.4 Å². The average molecular weight is 440 g/mol. The van der Waals surface area contributed by atoms with Crippen LogP contribution in [-0.2, 0) is 6.18 Å². The Morgan fingerprint density at radius 2 is 1.97 bits per heavy atom. The van der Waals surface area contributed by atoms with Crippen molar-refractivity contribution in [3.63, 3.8) is 0 Å². The first-order valence-electron chi connectivity index (χ1n) is 9.69. The molecule has 1 spiro atoms. The molecule has 162 valence electrons. The van der Waals surface area contributed by atoms with Crippen LogP contribution in [0.2, 0.25) is 0 Å². The molecule has 3 heterocycles. The zero-order valence-electron chi connectivity index (χ0n) is 16.1. The van der Waals surface area contributed by atoms with Crippen molar-refractivity contribution in [3.05, 3.63) is 30.2 Å². The number of nitrogen functional groups attached to an aromatic ring is 1. The van der Waals surface area contributed by atoms with Crippen LogP contribution >= 0.6 is 11.8 Å². The van der Waals surface area contributed by atoms with Crippen LogP contribution in [-0.4, -0.2) is 45.3 Å². The molecular formula is C19H23F3N6OS. The number of nitrogens with zero attached hydrogens (tertiary/aromatic N) is 4. The van der Waals surface area contributed by atoms with Gasteiger partial charge in [-0.1, -0.05) is 11.8 Å². The summed E-state index contributed by atoms with van der Waals surface area (Å²) in [5.41, 5.74) is 11.3. The lowest BCUT2D eigenvalue weighted by Crippen LogP contribution is -2.47. The maximum absolute atomic E-state index is 13.2. The summed E-state index contributed by atoms with van der Waals surface area (Å²) >= 11 is 0.795. The molecule has 2 fully saturated rings. The Kier molecular flexibility index (Phi) is 5.54. The number of aromatic nitrogens is 3. The van der Waals surface area contributed by atoms with Gasteiger partial charge in [0.15, 0.2) is 11.5 Å². The molecule has 2 aromatic heterocycles. The minimum absolute atomic E-state index is 0.00751. The van der Waals surface area contributed by atoms with Gasteiger partial charge in [0.1, 0.15) is 10.8 Å². The van der Waals surface area contributed by atoms with Crippen molar-refractivity contribution in [1.82, 2.24) is 15.0 Å². The lowest BCUT2D eigenvalue weighted by atomic mass is 9.74. The van der Waals surface area contributed by atoms with Crippen molar-refractivity contribution in [2.24, 2.45) is 11.1 Å². The van der Waals surface area contributed by atoms with Gasteiger partial charge >= 0.3 is 6.18 Å². The fraction of sp³-hybridized carbons (Fsp3) is 0.526. The number of nitrogens with two attached hydrogens (primary N) is 2. The van der Waals surface area contributed by atoms with E-state index in [1.54, 1.807) is 0 Å². The van der Waals surface area contributed by atoms with Crippen LogP contribution in [0.1, 0.15) is 31.4 Å². The number of alkyl halides is 3. The molecule has 30 heavy (non-hydrogen) atoms. The van der Waals surface area contributed by atoms with Crippen LogP contribution in [0.25, 0.3) is 0 Å². The highest BCUT2D eigenvalue weighted by Gasteiger charge is 2.46. The van der Waals surface area contributed by atoms with Crippen LogP contribution < -0.4 is 16.4 Å². The first-order chi connectivity index (χ1) is 14.2. The zero-order chi connectivity index (χ0) is 21.5. The predicted octanol–water partition coefficient (Wildman–Crippen LogP) is 2.69. The largest absolute Gasteiger partial charge is 0.434 e. The number of hydrogen-bond acceptors (Lipinski definition) is 8. The second-order valence-corrected chi connectivity index (χ2v) is 8.95. The van der Waals surface area contributed by atoms with E-state index in [0.717, 1.165) is 37.2 Å². The predicted molar refractivity (Wildman–Crippen MR) is 107 cm³/mol. The fourth-order valence-corrected chi connectivity index (χ4v) is 5.28. The number of halogens is 3. The summed E-state index contributed by atoms with van der Waals surface area (Å²) in [6.07, 6.45) is 0.761. The molecule has 1 saturated heterocycles. The van der Waals surface area contributed by atoms with E-state index in [2.05, 4.69) is 15.0 Å². The smallest absolute Gasteiger partial charge is 0.393 e. The molecule has 2 aliphatic rings. The number of aliphatic hydroxyl groups excluding tert-OH is 1. The highest BCUT2D eigenvalue weighted by molar-refractivity contribution is 7.99. The van der Waals surface area contributed by atoms with E-state index in [9.17, 15) is 18.3 Å². The van der Waals surface area contributed by atoms with Crippen molar-refractivity contribution in [3.8, 4) is 0 Å². The van der Waals surface area contributed by atoms with Gasteiger partial charge in [-0.05, 0) is 43.2 Å². The molecule has 7 nitrogen and oxygen atoms in total. The third-order valence-electron chi connectivity index (χ3n) is 6.04. The van der Waals surface area contributed by atoms with E-state index in [-0.39, 0.29) is 33.3 Å². The number of pyridine rings is 1. The number of rotatable bonds is 3. The van der Waals surface area contributed by atoms with Crippen LogP contribution in [0, 0.1) is 5.41 Å². The molecule has 1 aliphatic carbocycles. The summed E-state index contributed by atoms with van der Waals surface area (Å²) < 4.78 is 39.5. The standard InChI is InChI=1S/C19H23F3N6OS/c20-19(21,22)15-12(2-1-5-25-15)30-17-16(24)27-14(10-26-17)28-6-3-18(4-7-28)9-11(29)8-13(18)23/h1-2,5,10-11,13,29H,3-4,6-9,23H2,(H2,24,27)/t11-,13-/m0/s1. The second kappa shape index (κ2) is 7.86. The lowest BCUT2D eigenvalue weighted by Gasteiger charge is -2.42. The Labute approximate surface area is 176 Å². The molecule has 1 aliphatic heterocycles. The summed E-state index contributed by atoms with van der Waals surface area (Å²) in [7, 11) is 0. The van der Waals surface area contributed by atoms with Gasteiger partial charge in [0.05, 0.1) is 12.3 Å². The van der Waals surface area contributed by atoms with Crippen molar-refractivity contribution in [2.75, 3.05) is 23.7 Å². The SMILES string of the molecule is Nc1nc(N2CCC3(CC2)C[C@@H](O)C[C@@H]3N)cnc1Sc1cccnc1C(F)(F)F. The average Bonchev–Trinajstić information content (AvgIpc) is 2.96. The van der Waals surface area contributed by atoms with E-state index in [0.29, 0.717) is 25.3 Å². The van der Waals surface area contributed by atoms with Gasteiger partial charge in [-0.3, -0.25) is 4.98 Å². The molecule has 11 heteroatoms. The quantitative estimate of drug-likeness (QED) is 0.668. The van der Waals surface area contributed by atoms with Gasteiger partial charge < -0.3 is 21.5 Å². The summed E-state index contributed by atoms with van der Waals surface area (Å²) in [5, 5.41) is 10.1. The van der Waals surface area contributed by atoms with Gasteiger partial charge in [0.2, 0.25) is 0 Å². The van der Waals surface area contributed by atoms with Crippen LogP contribution in [0.15, 0.2) is 34.4 Å². The zero-order valence-corrected chi connectivity index (χ0v) is 17.0. The molecule has 0 bridgehead atoms. The van der Waals surface area contributed by atoms with Crippen LogP contribution in [0.3, 0.4) is 0 Å². The van der Waals surface area contributed by atoms with E-state index in [1.165, 1.54) is 18.3 Å². The minimum atomic E-state index is -4.57. The summed E-state index contributed by atoms with van der Waals surface area (Å²) in [4.78, 5) is 14.0. The lowest BCUT2D eigenvalue weighted by molar-refractivity contribution is -0.143. The van der Waals surface area contributed by atoms with Gasteiger partial charge in [-0.2, -0.15) is 13.2 Å². The maximum atomic E-state index is 13.2. The van der Waals surface area contributed by atoms with Gasteiger partial charge in [-0.15, -0.1) is 0 Å². The molecule has 0 amide bonds. The molecule has 4 rings (SSSR count). The van der Waals surface area contributed by atoms with Crippen LogP contribution in [0.5, 0.6) is 0 Å². The molecular weight excluding hydrogens is 417 g/mol. The van der Waals surface area contributed by atoms with Crippen molar-refractivity contribution in [2.45, 2.75) is 53.9 Å². The number of hydrogen-bond donors (Lipinski definition) is 3. The summed E-state index contributed by atoms with van der Waals surface area (Å²) in [5.74, 6) is 0.656. The number of anilines is 2. The Morgan fingerprint density at radius 3 is 2.57 bits per heavy atom. The second-order valence-electron chi connectivity index (χ2n) is 7.92. The van der Waals surface area contributed by atoms with Gasteiger partial charge in [0.25, 0.3) is 0 Å². The molecule has 5 N–H and O–H groups in total. The number of piperidine rings is 1. The van der Waals surface area contributed by atoms with E-state index in [4.69, 9.17) is 11.5 Å². The third-order valence-corrected chi connectivity index (χ3v) is 7.09. The van der Waals surface area contributed by atoms with E-state index >= 15 is 0 Å². The van der Waals surface area contributed by atoms with Crippen LogP contribution in [0.4, 0.5) is 24.8 Å². The Hall–Kier alpha value is -2.11. The third kappa shape index (κ3) is 4.06. The normalized spacial score (nSPS) is 23.8. The minimum Gasteiger partial charge on any atom is -0.393 e. The van der Waals surface area contributed by atoms with Crippen molar-refractivity contribution < 1.29 is 18.3 Å². The van der Waals surface area contributed by atoms with E-state index in [1.807, 2.05) is 4.90 Å². The topological polar surface area (TPSA) is 114 Å². The highest BCUT2D eigenvalue weighted by atomic mass is 32.2. The Balaban J connectivity index is 1.48. The first kappa shape index (κ1) is 21.1.